The molecular weight excluding hydrogens is 144 g/mol. The summed E-state index contributed by atoms with van der Waals surface area (Å²) in [5.74, 6) is 0. The number of benzene rings is 1. The third-order valence-corrected chi connectivity index (χ3v) is 1.17. The Hall–Kier alpha value is -1.66. The van der Waals surface area contributed by atoms with Gasteiger partial charge in [0.25, 0.3) is 0 Å². The fourth-order valence-electron chi connectivity index (χ4n) is 0.807. The smallest absolute Gasteiger partial charge is 0.0398 e. The van der Waals surface area contributed by atoms with E-state index in [9.17, 15) is 0 Å². The Balaban J connectivity index is 0. The van der Waals surface area contributed by atoms with Gasteiger partial charge in [0.15, 0.2) is 0 Å². The molecule has 0 unspecified atom stereocenters. The van der Waals surface area contributed by atoms with Crippen molar-refractivity contribution in [3.63, 3.8) is 0 Å². The van der Waals surface area contributed by atoms with Gasteiger partial charge in [-0.1, -0.05) is 35.4 Å². The molecule has 0 N–H and O–H groups in total. The predicted molar refractivity (Wildman–Crippen MR) is 55.7 cm³/mol. The lowest BCUT2D eigenvalue weighted by Crippen LogP contribution is -1.71. The highest BCUT2D eigenvalue weighted by Gasteiger charge is 1.80. The summed E-state index contributed by atoms with van der Waals surface area (Å²) < 4.78 is 0. The van der Waals surface area contributed by atoms with Gasteiger partial charge in [0, 0.05) is 0 Å². The Bertz CT molecular complexity index is 217. The maximum atomic E-state index is 4.00. The third kappa shape index (κ3) is 6.46. The lowest BCUT2D eigenvalue weighted by atomic mass is 10.2. The molecule has 62 valence electrons. The first kappa shape index (κ1) is 13.0. The molecule has 0 amide bonds. The Labute approximate surface area is 75.6 Å². The molecule has 0 heterocycles. The van der Waals surface area contributed by atoms with Gasteiger partial charge < -0.3 is 0 Å². The van der Waals surface area contributed by atoms with Gasteiger partial charge in [-0.15, -0.1) is 25.7 Å². The zero-order chi connectivity index (χ0) is 9.98. The average Bonchev–Trinajstić information content (AvgIpc) is 2.11. The molecule has 0 bridgehead atoms. The zero-order valence-corrected chi connectivity index (χ0v) is 7.62. The van der Waals surface area contributed by atoms with Crippen LogP contribution >= 0.6 is 0 Å². The number of hydrogen-bond donors (Lipinski definition) is 0. The number of terminal acetylenes is 2. The minimum Gasteiger partial charge on any atom is -0.124 e. The second kappa shape index (κ2) is 9.34. The van der Waals surface area contributed by atoms with E-state index in [0.29, 0.717) is 0 Å². The van der Waals surface area contributed by atoms with E-state index < -0.39 is 0 Å². The molecule has 12 heavy (non-hydrogen) atoms. The number of aryl methyl sites for hydroxylation is 2. The zero-order valence-electron chi connectivity index (χ0n) is 7.62. The molecule has 1 aromatic carbocycles. The van der Waals surface area contributed by atoms with E-state index in [1.165, 1.54) is 11.1 Å². The van der Waals surface area contributed by atoms with Crippen LogP contribution in [0.1, 0.15) is 11.1 Å². The predicted octanol–water partition coefficient (Wildman–Crippen LogP) is 2.80. The molecule has 1 aromatic rings. The van der Waals surface area contributed by atoms with Crippen LogP contribution in [0.3, 0.4) is 0 Å². The fourth-order valence-corrected chi connectivity index (χ4v) is 0.807. The lowest BCUT2D eigenvalue weighted by molar-refractivity contribution is 1.39. The summed E-state index contributed by atoms with van der Waals surface area (Å²) in [6.45, 7) is 4.21. The second-order valence-corrected chi connectivity index (χ2v) is 2.16. The van der Waals surface area contributed by atoms with E-state index in [1.54, 1.807) is 0 Å². The SMILES string of the molecule is C#C.C#C.Cc1cccc(C)c1. The van der Waals surface area contributed by atoms with Gasteiger partial charge in [0.05, 0.1) is 0 Å². The lowest BCUT2D eigenvalue weighted by Gasteiger charge is -1.90. The number of hydrogen-bond acceptors (Lipinski definition) is 0. The van der Waals surface area contributed by atoms with Crippen LogP contribution in [0.2, 0.25) is 0 Å². The van der Waals surface area contributed by atoms with Crippen LogP contribution in [0.15, 0.2) is 24.3 Å². The van der Waals surface area contributed by atoms with Crippen LogP contribution in [0.5, 0.6) is 0 Å². The third-order valence-electron chi connectivity index (χ3n) is 1.17. The Kier molecular flexibility index (Phi) is 10.1. The van der Waals surface area contributed by atoms with Gasteiger partial charge in [-0.05, 0) is 13.8 Å². The van der Waals surface area contributed by atoms with Gasteiger partial charge in [-0.25, -0.2) is 0 Å². The minimum absolute atomic E-state index is 1.34. The van der Waals surface area contributed by atoms with Crippen molar-refractivity contribution >= 4 is 0 Å². The molecule has 0 aliphatic rings. The van der Waals surface area contributed by atoms with Gasteiger partial charge in [0.1, 0.15) is 0 Å². The van der Waals surface area contributed by atoms with Crippen molar-refractivity contribution in [3.8, 4) is 25.7 Å². The molecule has 0 heteroatoms. The van der Waals surface area contributed by atoms with Gasteiger partial charge >= 0.3 is 0 Å². The number of rotatable bonds is 0. The molecule has 0 fully saturated rings. The van der Waals surface area contributed by atoms with Crippen LogP contribution in [0.25, 0.3) is 0 Å². The van der Waals surface area contributed by atoms with Crippen LogP contribution in [-0.4, -0.2) is 0 Å². The minimum atomic E-state index is 1.34. The summed E-state index contributed by atoms with van der Waals surface area (Å²) in [5.41, 5.74) is 2.68. The van der Waals surface area contributed by atoms with Crippen molar-refractivity contribution in [3.05, 3.63) is 35.4 Å². The van der Waals surface area contributed by atoms with Crippen molar-refractivity contribution < 1.29 is 0 Å². The average molecular weight is 158 g/mol. The first-order valence-electron chi connectivity index (χ1n) is 3.49. The molecule has 0 aliphatic carbocycles. The highest BCUT2D eigenvalue weighted by atomic mass is 13.9. The highest BCUT2D eigenvalue weighted by molar-refractivity contribution is 5.20. The van der Waals surface area contributed by atoms with Crippen molar-refractivity contribution in [2.24, 2.45) is 0 Å². The van der Waals surface area contributed by atoms with E-state index in [4.69, 9.17) is 0 Å². The Morgan fingerprint density at radius 2 is 1.17 bits per heavy atom. The van der Waals surface area contributed by atoms with E-state index in [2.05, 4.69) is 63.8 Å². The van der Waals surface area contributed by atoms with Crippen molar-refractivity contribution in [2.45, 2.75) is 13.8 Å². The maximum Gasteiger partial charge on any atom is -0.0398 e. The summed E-state index contributed by atoms with van der Waals surface area (Å²) >= 11 is 0. The summed E-state index contributed by atoms with van der Waals surface area (Å²) in [6, 6.07) is 8.45. The normalized spacial score (nSPS) is 6.50. The summed E-state index contributed by atoms with van der Waals surface area (Å²) in [4.78, 5) is 0. The van der Waals surface area contributed by atoms with E-state index in [-0.39, 0.29) is 0 Å². The van der Waals surface area contributed by atoms with Crippen molar-refractivity contribution in [1.29, 1.82) is 0 Å². The molecule has 0 nitrogen and oxygen atoms in total. The van der Waals surface area contributed by atoms with Crippen LogP contribution in [0, 0.1) is 39.5 Å². The van der Waals surface area contributed by atoms with Gasteiger partial charge in [-0.2, -0.15) is 0 Å². The molecule has 0 aliphatic heterocycles. The molecular formula is C12H14. The Morgan fingerprint density at radius 3 is 1.33 bits per heavy atom. The summed E-state index contributed by atoms with van der Waals surface area (Å²) in [6.07, 6.45) is 16.0. The monoisotopic (exact) mass is 158 g/mol. The van der Waals surface area contributed by atoms with E-state index in [1.807, 2.05) is 0 Å². The topological polar surface area (TPSA) is 0 Å². The molecule has 0 spiro atoms. The second-order valence-electron chi connectivity index (χ2n) is 2.16. The molecule has 0 aromatic heterocycles. The summed E-state index contributed by atoms with van der Waals surface area (Å²) in [7, 11) is 0. The first-order valence-corrected chi connectivity index (χ1v) is 3.49. The molecule has 0 atom stereocenters. The van der Waals surface area contributed by atoms with Gasteiger partial charge in [-0.3, -0.25) is 0 Å². The standard InChI is InChI=1S/C8H10.2C2H2/c1-7-4-3-5-8(2)6-7;2*1-2/h3-6H,1-2H3;2*1-2H. The molecule has 1 rings (SSSR count). The van der Waals surface area contributed by atoms with E-state index >= 15 is 0 Å². The van der Waals surface area contributed by atoms with E-state index in [0.717, 1.165) is 0 Å². The largest absolute Gasteiger partial charge is 0.124 e. The summed E-state index contributed by atoms with van der Waals surface area (Å²) in [5, 5.41) is 0. The van der Waals surface area contributed by atoms with Crippen LogP contribution in [0.4, 0.5) is 0 Å². The first-order chi connectivity index (χ1) is 5.79. The highest BCUT2D eigenvalue weighted by Crippen LogP contribution is 2.00. The molecule has 0 radical (unpaired) electrons. The fraction of sp³-hybridized carbons (Fsp3) is 0.167. The van der Waals surface area contributed by atoms with Gasteiger partial charge in [0.2, 0.25) is 0 Å². The van der Waals surface area contributed by atoms with Crippen molar-refractivity contribution in [1.82, 2.24) is 0 Å². The maximum absolute atomic E-state index is 4.00. The van der Waals surface area contributed by atoms with Crippen molar-refractivity contribution in [2.75, 3.05) is 0 Å². The van der Waals surface area contributed by atoms with Crippen LogP contribution < -0.4 is 0 Å². The Morgan fingerprint density at radius 1 is 0.833 bits per heavy atom. The van der Waals surface area contributed by atoms with Crippen LogP contribution in [-0.2, 0) is 0 Å². The molecule has 0 saturated heterocycles. The quantitative estimate of drug-likeness (QED) is 0.509. The molecule has 0 saturated carbocycles.